The van der Waals surface area contributed by atoms with Crippen LogP contribution in [-0.2, 0) is 0 Å². The summed E-state index contributed by atoms with van der Waals surface area (Å²) in [5.41, 5.74) is 3.88. The van der Waals surface area contributed by atoms with Gasteiger partial charge in [0.25, 0.3) is 0 Å². The molecule has 2 aromatic carbocycles. The molecule has 7 heteroatoms. The molecule has 33 heavy (non-hydrogen) atoms. The Morgan fingerprint density at radius 3 is 2.67 bits per heavy atom. The van der Waals surface area contributed by atoms with Crippen LogP contribution in [0.2, 0.25) is 0 Å². The van der Waals surface area contributed by atoms with Crippen LogP contribution in [0.5, 0.6) is 0 Å². The number of thiazole rings is 1. The minimum atomic E-state index is -0.332. The van der Waals surface area contributed by atoms with Crippen molar-refractivity contribution in [1.29, 1.82) is 0 Å². The molecule has 168 valence electrons. The first-order chi connectivity index (χ1) is 16.1. The van der Waals surface area contributed by atoms with Gasteiger partial charge in [-0.2, -0.15) is 5.10 Å². The third kappa shape index (κ3) is 4.80. The molecule has 2 aromatic heterocycles. The fraction of sp³-hybridized carbons (Fsp3) is 0.269. The van der Waals surface area contributed by atoms with E-state index in [-0.39, 0.29) is 5.63 Å². The van der Waals surface area contributed by atoms with E-state index in [9.17, 15) is 4.79 Å². The van der Waals surface area contributed by atoms with Crippen molar-refractivity contribution in [3.63, 3.8) is 0 Å². The van der Waals surface area contributed by atoms with E-state index in [1.165, 1.54) is 36.2 Å². The molecule has 2 heterocycles. The first-order valence-corrected chi connectivity index (χ1v) is 12.8. The molecule has 1 fully saturated rings. The van der Waals surface area contributed by atoms with E-state index >= 15 is 0 Å². The van der Waals surface area contributed by atoms with Gasteiger partial charge in [0.1, 0.15) is 5.58 Å². The lowest BCUT2D eigenvalue weighted by molar-refractivity contribution is 0.350. The summed E-state index contributed by atoms with van der Waals surface area (Å²) in [4.78, 5) is 13.7. The third-order valence-electron chi connectivity index (χ3n) is 6.08. The molecule has 5 rings (SSSR count). The highest BCUT2D eigenvalue weighted by molar-refractivity contribution is 9.10. The van der Waals surface area contributed by atoms with Crippen LogP contribution in [0.3, 0.4) is 0 Å². The van der Waals surface area contributed by atoms with Gasteiger partial charge >= 0.3 is 5.63 Å². The van der Waals surface area contributed by atoms with Gasteiger partial charge in [0.15, 0.2) is 0 Å². The Bertz CT molecular complexity index is 1440. The molecule has 0 unspecified atom stereocenters. The van der Waals surface area contributed by atoms with Crippen molar-refractivity contribution in [3.8, 4) is 11.3 Å². The zero-order valence-electron chi connectivity index (χ0n) is 18.3. The number of aromatic nitrogens is 1. The second kappa shape index (κ2) is 9.61. The van der Waals surface area contributed by atoms with Crippen LogP contribution in [0, 0.1) is 6.92 Å². The number of nitrogens with zero attached hydrogens (tertiary/aromatic N) is 3. The third-order valence-corrected chi connectivity index (χ3v) is 7.40. The monoisotopic (exact) mass is 521 g/mol. The van der Waals surface area contributed by atoms with Crippen molar-refractivity contribution in [2.75, 3.05) is 0 Å². The van der Waals surface area contributed by atoms with Gasteiger partial charge in [0, 0.05) is 21.3 Å². The van der Waals surface area contributed by atoms with E-state index in [2.05, 4.69) is 49.8 Å². The number of hydrogen-bond donors (Lipinski definition) is 0. The number of benzene rings is 2. The van der Waals surface area contributed by atoms with E-state index in [0.29, 0.717) is 17.2 Å². The van der Waals surface area contributed by atoms with Crippen molar-refractivity contribution >= 4 is 44.5 Å². The molecule has 4 aromatic rings. The summed E-state index contributed by atoms with van der Waals surface area (Å²) < 4.78 is 8.80. The molecular formula is C26H24BrN3O2S. The Morgan fingerprint density at radius 2 is 1.88 bits per heavy atom. The zero-order valence-corrected chi connectivity index (χ0v) is 20.7. The molecule has 0 amide bonds. The standard InChI is InChI=1S/C26H24BrN3O2S/c1-17-7-9-18(10-8-17)15-28-29-26-30(21-5-3-2-4-6-21)23(16-33-26)22-14-19-13-20(27)11-12-24(19)32-25(22)31/h7-16,21H,2-6H2,1H3/b28-15+,29-26+. The van der Waals surface area contributed by atoms with Crippen molar-refractivity contribution in [1.82, 2.24) is 4.57 Å². The Hall–Kier alpha value is -2.77. The van der Waals surface area contributed by atoms with Gasteiger partial charge in [-0.15, -0.1) is 16.4 Å². The lowest BCUT2D eigenvalue weighted by atomic mass is 9.95. The van der Waals surface area contributed by atoms with Crippen LogP contribution in [0.1, 0.15) is 49.3 Å². The lowest BCUT2D eigenvalue weighted by Gasteiger charge is -2.24. The second-order valence-corrected chi connectivity index (χ2v) is 10.2. The molecule has 1 aliphatic rings. The number of rotatable bonds is 4. The summed E-state index contributed by atoms with van der Waals surface area (Å²) in [5.74, 6) is 0. The van der Waals surface area contributed by atoms with Crippen LogP contribution in [0.25, 0.3) is 22.2 Å². The number of halogens is 1. The van der Waals surface area contributed by atoms with Crippen molar-refractivity contribution < 1.29 is 4.42 Å². The van der Waals surface area contributed by atoms with Gasteiger partial charge in [-0.3, -0.25) is 0 Å². The van der Waals surface area contributed by atoms with Crippen LogP contribution in [0.15, 0.2) is 77.8 Å². The Labute approximate surface area is 204 Å². The molecule has 1 aliphatic carbocycles. The summed E-state index contributed by atoms with van der Waals surface area (Å²) in [6.45, 7) is 2.06. The van der Waals surface area contributed by atoms with Gasteiger partial charge in [-0.1, -0.05) is 65.0 Å². The largest absolute Gasteiger partial charge is 0.422 e. The highest BCUT2D eigenvalue weighted by atomic mass is 79.9. The van der Waals surface area contributed by atoms with E-state index in [0.717, 1.165) is 38.8 Å². The van der Waals surface area contributed by atoms with Crippen molar-refractivity contribution in [3.05, 3.63) is 84.7 Å². The van der Waals surface area contributed by atoms with Crippen molar-refractivity contribution in [2.45, 2.75) is 45.1 Å². The van der Waals surface area contributed by atoms with E-state index in [4.69, 9.17) is 4.42 Å². The number of hydrogen-bond acceptors (Lipinski definition) is 5. The highest BCUT2D eigenvalue weighted by Gasteiger charge is 2.22. The highest BCUT2D eigenvalue weighted by Crippen LogP contribution is 2.32. The summed E-state index contributed by atoms with van der Waals surface area (Å²) in [5, 5.41) is 11.8. The summed E-state index contributed by atoms with van der Waals surface area (Å²) >= 11 is 5.02. The molecule has 0 atom stereocenters. The fourth-order valence-corrected chi connectivity index (χ4v) is 5.64. The molecule has 1 saturated carbocycles. The Morgan fingerprint density at radius 1 is 1.09 bits per heavy atom. The second-order valence-electron chi connectivity index (χ2n) is 8.45. The predicted octanol–water partition coefficient (Wildman–Crippen LogP) is 6.83. The van der Waals surface area contributed by atoms with Crippen LogP contribution >= 0.6 is 27.3 Å². The van der Waals surface area contributed by atoms with Gasteiger partial charge in [-0.25, -0.2) is 4.79 Å². The first kappa shape index (κ1) is 22.0. The molecule has 0 spiro atoms. The van der Waals surface area contributed by atoms with Crippen molar-refractivity contribution in [2.24, 2.45) is 10.2 Å². The maximum Gasteiger partial charge on any atom is 0.345 e. The Kier molecular flexibility index (Phi) is 6.42. The van der Waals surface area contributed by atoms with Gasteiger partial charge < -0.3 is 8.98 Å². The molecule has 0 radical (unpaired) electrons. The quantitative estimate of drug-likeness (QED) is 0.168. The van der Waals surface area contributed by atoms with Gasteiger partial charge in [0.2, 0.25) is 4.80 Å². The summed E-state index contributed by atoms with van der Waals surface area (Å²) in [6, 6.07) is 16.1. The average Bonchev–Trinajstić information content (AvgIpc) is 3.24. The molecule has 0 aliphatic heterocycles. The summed E-state index contributed by atoms with van der Waals surface area (Å²) in [7, 11) is 0. The number of fused-ring (bicyclic) bond motifs is 1. The minimum absolute atomic E-state index is 0.297. The summed E-state index contributed by atoms with van der Waals surface area (Å²) in [6.07, 6.45) is 7.52. The van der Waals surface area contributed by atoms with Crippen LogP contribution < -0.4 is 10.4 Å². The first-order valence-electron chi connectivity index (χ1n) is 11.2. The van der Waals surface area contributed by atoms with Crippen LogP contribution in [-0.4, -0.2) is 10.8 Å². The van der Waals surface area contributed by atoms with E-state index < -0.39 is 0 Å². The maximum atomic E-state index is 12.9. The van der Waals surface area contributed by atoms with E-state index in [1.54, 1.807) is 6.21 Å². The number of aryl methyl sites for hydroxylation is 1. The van der Waals surface area contributed by atoms with Gasteiger partial charge in [-0.05, 0) is 49.6 Å². The van der Waals surface area contributed by atoms with E-state index in [1.807, 2.05) is 41.8 Å². The Balaban J connectivity index is 1.61. The normalized spacial score (nSPS) is 15.6. The zero-order chi connectivity index (χ0) is 22.8. The molecule has 0 N–H and O–H groups in total. The minimum Gasteiger partial charge on any atom is -0.422 e. The molecule has 0 saturated heterocycles. The fourth-order valence-electron chi connectivity index (χ4n) is 4.35. The topological polar surface area (TPSA) is 59.9 Å². The van der Waals surface area contributed by atoms with Crippen LogP contribution in [0.4, 0.5) is 0 Å². The smallest absolute Gasteiger partial charge is 0.345 e. The lowest BCUT2D eigenvalue weighted by Crippen LogP contribution is -2.24. The SMILES string of the molecule is Cc1ccc(/C=N/N=c2/scc(-c3cc4cc(Br)ccc4oc3=O)n2C2CCCCC2)cc1. The molecular weight excluding hydrogens is 498 g/mol. The molecule has 0 bridgehead atoms. The average molecular weight is 522 g/mol. The molecule has 5 nitrogen and oxygen atoms in total. The van der Waals surface area contributed by atoms with Gasteiger partial charge in [0.05, 0.1) is 17.5 Å². The maximum absolute atomic E-state index is 12.9. The predicted molar refractivity (Wildman–Crippen MR) is 138 cm³/mol.